The van der Waals surface area contributed by atoms with Crippen LogP contribution in [0.15, 0.2) is 0 Å². The maximum Gasteiger partial charge on any atom is 0.0683 e. The minimum absolute atomic E-state index is 0.143. The van der Waals surface area contributed by atoms with Crippen LogP contribution >= 0.6 is 20.6 Å². The van der Waals surface area contributed by atoms with Gasteiger partial charge in [-0.15, -0.1) is 20.6 Å². The molecule has 9 heteroatoms. The van der Waals surface area contributed by atoms with Crippen LogP contribution in [0.1, 0.15) is 0 Å². The van der Waals surface area contributed by atoms with Gasteiger partial charge >= 0.3 is 0 Å². The van der Waals surface area contributed by atoms with E-state index >= 15 is 0 Å². The molecule has 0 aromatic heterocycles. The van der Waals surface area contributed by atoms with E-state index in [2.05, 4.69) is 98.2 Å². The summed E-state index contributed by atoms with van der Waals surface area (Å²) in [7, 11) is -3.91. The topological polar surface area (TPSA) is 0 Å². The van der Waals surface area contributed by atoms with Gasteiger partial charge in [-0.25, -0.2) is 0 Å². The van der Waals surface area contributed by atoms with Gasteiger partial charge in [0.1, 0.15) is 0 Å². The van der Waals surface area contributed by atoms with Crippen LogP contribution in [-0.2, 0) is 0 Å². The lowest BCUT2D eigenvalue weighted by molar-refractivity contribution is 1.81. The molecule has 0 saturated carbocycles. The molecule has 0 bridgehead atoms. The average Bonchev–Trinajstić information content (AvgIpc) is 2.18. The molecule has 1 atom stereocenters. The Morgan fingerprint density at radius 3 is 1.00 bits per heavy atom. The molecule has 0 amide bonds. The Labute approximate surface area is 171 Å². The first-order valence-corrected chi connectivity index (χ1v) is 40.2. The van der Waals surface area contributed by atoms with Crippen LogP contribution in [0.2, 0.25) is 98.2 Å². The molecule has 0 aliphatic rings. The number of rotatable bonds is 9. The second kappa shape index (κ2) is 9.16. The predicted molar refractivity (Wildman–Crippen MR) is 151 cm³/mol. The van der Waals surface area contributed by atoms with Gasteiger partial charge in [0.25, 0.3) is 0 Å². The fourth-order valence-electron chi connectivity index (χ4n) is 3.67. The highest BCUT2D eigenvalue weighted by atomic mass is 31.9. The van der Waals surface area contributed by atoms with Crippen molar-refractivity contribution in [3.05, 3.63) is 0 Å². The largest absolute Gasteiger partial charge is 0.142 e. The zero-order valence-corrected chi connectivity index (χ0v) is 29.4. The molecule has 0 aliphatic carbocycles. The fraction of sp³-hybridized carbons (Fsp3) is 1.00. The van der Waals surface area contributed by atoms with Crippen molar-refractivity contribution in [1.29, 1.82) is 0 Å². The van der Waals surface area contributed by atoms with Gasteiger partial charge in [-0.05, 0) is 5.90 Å². The molecule has 152 valence electrons. The molecule has 0 rings (SSSR count). The summed E-state index contributed by atoms with van der Waals surface area (Å²) < 4.78 is 0. The Kier molecular flexibility index (Phi) is 10.1. The summed E-state index contributed by atoms with van der Waals surface area (Å²) >= 11 is 0. The molecule has 0 spiro atoms. The van der Waals surface area contributed by atoms with Gasteiger partial charge < -0.3 is 0 Å². The van der Waals surface area contributed by atoms with Crippen LogP contribution < -0.4 is 0 Å². The molecular weight excluding hydrogens is 454 g/mol. The first kappa shape index (κ1) is 27.6. The van der Waals surface area contributed by atoms with Crippen LogP contribution in [0.4, 0.5) is 0 Å². The molecule has 0 aliphatic heterocycles. The third kappa shape index (κ3) is 9.76. The lowest BCUT2D eigenvalue weighted by atomic mass is 11.8. The van der Waals surface area contributed by atoms with Crippen molar-refractivity contribution in [3.8, 4) is 0 Å². The maximum atomic E-state index is 2.75. The van der Waals surface area contributed by atoms with Crippen molar-refractivity contribution >= 4 is 68.2 Å². The molecule has 0 aromatic carbocycles. The van der Waals surface area contributed by atoms with Gasteiger partial charge in [0.2, 0.25) is 0 Å². The van der Waals surface area contributed by atoms with E-state index in [4.69, 9.17) is 0 Å². The standard InChI is InChI=1S/C16H49P3Si6/c1-21(2,3)17(16-18(22(4,5)6)23(7,8)9)20-19(24(10,11)12)25(13,14)15/h16,20H2,1-15H3. The van der Waals surface area contributed by atoms with E-state index in [-0.39, 0.29) is 8.85 Å². The zero-order valence-electron chi connectivity index (χ0n) is 20.3. The molecule has 0 heterocycles. The zero-order chi connectivity index (χ0) is 20.6. The van der Waals surface area contributed by atoms with E-state index in [1.54, 1.807) is 5.90 Å². The second-order valence-electron chi connectivity index (χ2n) is 12.5. The molecular formula is C16H49P3Si6. The van der Waals surface area contributed by atoms with Crippen LogP contribution in [0.5, 0.6) is 0 Å². The SMILES string of the molecule is C[Si](C)(C)P(CP([Si](C)(C)C)[Si](C)(C)C)[SiH2]P([Si](C)(C)C)[Si](C)(C)C. The summed E-state index contributed by atoms with van der Waals surface area (Å²) in [5, 5.41) is 0. The summed E-state index contributed by atoms with van der Waals surface area (Å²) in [6, 6.07) is 0. The number of hydrogen-bond acceptors (Lipinski definition) is 0. The van der Waals surface area contributed by atoms with Gasteiger partial charge in [-0.3, -0.25) is 0 Å². The van der Waals surface area contributed by atoms with E-state index in [9.17, 15) is 0 Å². The molecule has 0 N–H and O–H groups in total. The summed E-state index contributed by atoms with van der Waals surface area (Å²) in [6.45, 7) is 41.3. The molecule has 0 saturated heterocycles. The fourth-order valence-corrected chi connectivity index (χ4v) is 166. The summed E-state index contributed by atoms with van der Waals surface area (Å²) in [5.41, 5.74) is 0. The van der Waals surface area contributed by atoms with E-state index in [1.807, 2.05) is 0 Å². The minimum atomic E-state index is -0.989. The third-order valence-electron chi connectivity index (χ3n) is 4.81. The summed E-state index contributed by atoms with van der Waals surface area (Å²) in [4.78, 5) is 0. The van der Waals surface area contributed by atoms with Gasteiger partial charge in [0.15, 0.2) is 0 Å². The Bertz CT molecular complexity index is 362. The number of hydrogen-bond donors (Lipinski definition) is 0. The molecule has 25 heavy (non-hydrogen) atoms. The van der Waals surface area contributed by atoms with E-state index in [0.717, 1.165) is 0 Å². The molecule has 0 aromatic rings. The Morgan fingerprint density at radius 2 is 0.800 bits per heavy atom. The maximum absolute atomic E-state index is 2.75. The van der Waals surface area contributed by atoms with Crippen molar-refractivity contribution in [2.45, 2.75) is 98.2 Å². The quantitative estimate of drug-likeness (QED) is 0.219. The highest BCUT2D eigenvalue weighted by Crippen LogP contribution is 2.69. The van der Waals surface area contributed by atoms with Crippen LogP contribution in [-0.4, -0.2) is 53.5 Å². The van der Waals surface area contributed by atoms with Gasteiger partial charge in [-0.2, -0.15) is 0 Å². The van der Waals surface area contributed by atoms with Crippen molar-refractivity contribution in [1.82, 2.24) is 0 Å². The molecule has 0 fully saturated rings. The van der Waals surface area contributed by atoms with E-state index in [0.29, 0.717) is 20.6 Å². The third-order valence-corrected chi connectivity index (χ3v) is 116. The summed E-state index contributed by atoms with van der Waals surface area (Å²) in [6.07, 6.45) is 0. The average molecular weight is 503 g/mol. The van der Waals surface area contributed by atoms with Gasteiger partial charge in [0.05, 0.1) is 47.6 Å². The predicted octanol–water partition coefficient (Wildman–Crippen LogP) is 8.56. The van der Waals surface area contributed by atoms with Crippen LogP contribution in [0.25, 0.3) is 0 Å². The lowest BCUT2D eigenvalue weighted by Crippen LogP contribution is -2.38. The molecule has 0 nitrogen and oxygen atoms in total. The first-order chi connectivity index (χ1) is 10.6. The monoisotopic (exact) mass is 502 g/mol. The second-order valence-corrected chi connectivity index (χ2v) is 82.9. The van der Waals surface area contributed by atoms with Crippen molar-refractivity contribution in [2.75, 3.05) is 5.90 Å². The van der Waals surface area contributed by atoms with Gasteiger partial charge in [-0.1, -0.05) is 98.2 Å². The van der Waals surface area contributed by atoms with E-state index < -0.39 is 38.7 Å². The van der Waals surface area contributed by atoms with Crippen molar-refractivity contribution in [3.63, 3.8) is 0 Å². The molecule has 1 unspecified atom stereocenters. The minimum Gasteiger partial charge on any atom is -0.142 e. The highest BCUT2D eigenvalue weighted by molar-refractivity contribution is 8.48. The Balaban J connectivity index is 5.82. The Morgan fingerprint density at radius 1 is 0.480 bits per heavy atom. The lowest BCUT2D eigenvalue weighted by Gasteiger charge is -2.48. The van der Waals surface area contributed by atoms with Crippen molar-refractivity contribution in [2.24, 2.45) is 0 Å². The molecule has 0 radical (unpaired) electrons. The van der Waals surface area contributed by atoms with Crippen LogP contribution in [0.3, 0.4) is 0 Å². The van der Waals surface area contributed by atoms with Crippen LogP contribution in [0, 0.1) is 0 Å². The smallest absolute Gasteiger partial charge is 0.0683 e. The highest BCUT2D eigenvalue weighted by Gasteiger charge is 2.44. The Hall–Kier alpha value is 2.59. The van der Waals surface area contributed by atoms with E-state index in [1.165, 1.54) is 0 Å². The first-order valence-electron chi connectivity index (χ1n) is 9.88. The van der Waals surface area contributed by atoms with Gasteiger partial charge in [0, 0.05) is 0 Å². The summed E-state index contributed by atoms with van der Waals surface area (Å²) in [5.74, 6) is 1.77. The normalized spacial score (nSPS) is 17.2. The van der Waals surface area contributed by atoms with Crippen molar-refractivity contribution < 1.29 is 0 Å².